The quantitative estimate of drug-likeness (QED) is 0.493. The lowest BCUT2D eigenvalue weighted by Gasteiger charge is -2.09. The van der Waals surface area contributed by atoms with Crippen molar-refractivity contribution in [2.75, 3.05) is 19.6 Å². The Balaban J connectivity index is 2.22. The number of alkyl halides is 3. The molecule has 5 nitrogen and oxygen atoms in total. The Morgan fingerprint density at radius 3 is 2.54 bits per heavy atom. The monoisotopic (exact) mass is 359 g/mol. The molecule has 0 bridgehead atoms. The number of pyridine rings is 1. The summed E-state index contributed by atoms with van der Waals surface area (Å²) in [7, 11) is 3.00. The van der Waals surface area contributed by atoms with Crippen LogP contribution in [-0.4, -0.2) is 25.4 Å². The van der Waals surface area contributed by atoms with Crippen molar-refractivity contribution in [3.05, 3.63) is 46.6 Å². The van der Waals surface area contributed by atoms with E-state index in [9.17, 15) is 13.2 Å². The van der Waals surface area contributed by atoms with E-state index in [2.05, 4.69) is 15.5 Å². The molecule has 128 valence electrons. The number of anilines is 1. The number of benzene rings is 1. The van der Waals surface area contributed by atoms with Crippen LogP contribution < -0.4 is 14.9 Å². The molecule has 24 heavy (non-hydrogen) atoms. The van der Waals surface area contributed by atoms with Crippen LogP contribution >= 0.6 is 11.6 Å². The molecule has 0 amide bonds. The molecule has 0 saturated carbocycles. The van der Waals surface area contributed by atoms with Gasteiger partial charge in [-0.3, -0.25) is 5.43 Å². The Hall–Kier alpha value is -2.48. The van der Waals surface area contributed by atoms with E-state index in [1.165, 1.54) is 20.4 Å². The first-order chi connectivity index (χ1) is 11.3. The van der Waals surface area contributed by atoms with Crippen molar-refractivity contribution >= 4 is 23.6 Å². The molecular weight excluding hydrogens is 347 g/mol. The van der Waals surface area contributed by atoms with Crippen LogP contribution in [0.5, 0.6) is 11.5 Å². The number of hydrazone groups is 1. The summed E-state index contributed by atoms with van der Waals surface area (Å²) in [6.07, 6.45) is -3.15. The summed E-state index contributed by atoms with van der Waals surface area (Å²) < 4.78 is 48.5. The van der Waals surface area contributed by atoms with Gasteiger partial charge < -0.3 is 9.47 Å². The van der Waals surface area contributed by atoms with Gasteiger partial charge in [0.15, 0.2) is 0 Å². The predicted octanol–water partition coefficient (Wildman–Crippen LogP) is 4.22. The highest BCUT2D eigenvalue weighted by Crippen LogP contribution is 2.32. The number of nitrogens with one attached hydrogen (secondary N) is 1. The van der Waals surface area contributed by atoms with E-state index >= 15 is 0 Å². The van der Waals surface area contributed by atoms with Crippen molar-refractivity contribution in [2.24, 2.45) is 5.10 Å². The minimum absolute atomic E-state index is 0.132. The maximum Gasteiger partial charge on any atom is 0.416 e. The number of nitrogens with zero attached hydrogens (tertiary/aromatic N) is 2. The third-order valence-electron chi connectivity index (χ3n) is 2.94. The first kappa shape index (κ1) is 17.9. The summed E-state index contributed by atoms with van der Waals surface area (Å²) in [5, 5.41) is 3.57. The van der Waals surface area contributed by atoms with Crippen molar-refractivity contribution in [2.45, 2.75) is 6.18 Å². The first-order valence-electron chi connectivity index (χ1n) is 6.59. The van der Waals surface area contributed by atoms with Crippen LogP contribution in [-0.2, 0) is 6.18 Å². The lowest BCUT2D eigenvalue weighted by molar-refractivity contribution is -0.137. The van der Waals surface area contributed by atoms with E-state index < -0.39 is 11.7 Å². The van der Waals surface area contributed by atoms with Gasteiger partial charge in [-0.15, -0.1) is 0 Å². The van der Waals surface area contributed by atoms with E-state index in [-0.39, 0.29) is 11.0 Å². The maximum atomic E-state index is 12.7. The molecular formula is C15H13ClF3N3O2. The number of hydrogen-bond donors (Lipinski definition) is 1. The zero-order valence-corrected chi connectivity index (χ0v) is 13.4. The molecule has 0 atom stereocenters. The van der Waals surface area contributed by atoms with Gasteiger partial charge in [0.25, 0.3) is 0 Å². The molecule has 1 heterocycles. The molecule has 0 saturated heterocycles. The second kappa shape index (κ2) is 7.39. The number of ether oxygens (including phenoxy) is 2. The highest BCUT2D eigenvalue weighted by molar-refractivity contribution is 6.29. The van der Waals surface area contributed by atoms with E-state index in [1.807, 2.05) is 0 Å². The van der Waals surface area contributed by atoms with Gasteiger partial charge in [0.2, 0.25) is 0 Å². The van der Waals surface area contributed by atoms with Crippen LogP contribution in [0, 0.1) is 0 Å². The second-order valence-corrected chi connectivity index (χ2v) is 4.93. The Labute approximate surface area is 141 Å². The fourth-order valence-corrected chi connectivity index (χ4v) is 2.03. The largest absolute Gasteiger partial charge is 0.497 e. The van der Waals surface area contributed by atoms with Gasteiger partial charge in [-0.05, 0) is 30.3 Å². The summed E-state index contributed by atoms with van der Waals surface area (Å²) in [4.78, 5) is 3.74. The zero-order chi connectivity index (χ0) is 17.7. The second-order valence-electron chi connectivity index (χ2n) is 4.54. The SMILES string of the molecule is COc1ccc(OC)c(/C=N\Nc2cc(C(F)(F)F)cc(Cl)n2)c1. The topological polar surface area (TPSA) is 55.7 Å². The predicted molar refractivity (Wildman–Crippen MR) is 85.0 cm³/mol. The summed E-state index contributed by atoms with van der Waals surface area (Å²) in [6, 6.07) is 6.60. The molecule has 0 spiro atoms. The normalized spacial score (nSPS) is 11.6. The molecule has 9 heteroatoms. The lowest BCUT2D eigenvalue weighted by atomic mass is 10.2. The average Bonchev–Trinajstić information content (AvgIpc) is 2.53. The lowest BCUT2D eigenvalue weighted by Crippen LogP contribution is -2.06. The maximum absolute atomic E-state index is 12.7. The van der Waals surface area contributed by atoms with Crippen LogP contribution in [0.25, 0.3) is 0 Å². The highest BCUT2D eigenvalue weighted by atomic mass is 35.5. The molecule has 0 unspecified atom stereocenters. The Kier molecular flexibility index (Phi) is 5.50. The third-order valence-corrected chi connectivity index (χ3v) is 3.13. The summed E-state index contributed by atoms with van der Waals surface area (Å²) in [6.45, 7) is 0. The van der Waals surface area contributed by atoms with Gasteiger partial charge in [-0.2, -0.15) is 18.3 Å². The van der Waals surface area contributed by atoms with Gasteiger partial charge in [-0.25, -0.2) is 4.98 Å². The smallest absolute Gasteiger partial charge is 0.416 e. The number of halogens is 4. The molecule has 0 fully saturated rings. The highest BCUT2D eigenvalue weighted by Gasteiger charge is 2.31. The molecule has 0 aliphatic carbocycles. The van der Waals surface area contributed by atoms with Crippen LogP contribution in [0.2, 0.25) is 5.15 Å². The minimum atomic E-state index is -4.53. The fourth-order valence-electron chi connectivity index (χ4n) is 1.83. The van der Waals surface area contributed by atoms with Crippen LogP contribution in [0.1, 0.15) is 11.1 Å². The van der Waals surface area contributed by atoms with Crippen molar-refractivity contribution in [3.8, 4) is 11.5 Å². The number of hydrogen-bond acceptors (Lipinski definition) is 5. The van der Waals surface area contributed by atoms with E-state index in [1.54, 1.807) is 18.2 Å². The van der Waals surface area contributed by atoms with Crippen molar-refractivity contribution in [1.82, 2.24) is 4.98 Å². The molecule has 0 radical (unpaired) electrons. The van der Waals surface area contributed by atoms with E-state index in [4.69, 9.17) is 21.1 Å². The zero-order valence-electron chi connectivity index (χ0n) is 12.7. The molecule has 1 aromatic heterocycles. The van der Waals surface area contributed by atoms with Crippen molar-refractivity contribution < 1.29 is 22.6 Å². The molecule has 1 aromatic carbocycles. The molecule has 1 N–H and O–H groups in total. The van der Waals surface area contributed by atoms with Gasteiger partial charge >= 0.3 is 6.18 Å². The molecule has 0 aliphatic heterocycles. The average molecular weight is 360 g/mol. The summed E-state index contributed by atoms with van der Waals surface area (Å²) in [5.41, 5.74) is 2.07. The van der Waals surface area contributed by atoms with Crippen LogP contribution in [0.3, 0.4) is 0 Å². The summed E-state index contributed by atoms with van der Waals surface area (Å²) in [5.74, 6) is 0.974. The minimum Gasteiger partial charge on any atom is -0.497 e. The van der Waals surface area contributed by atoms with Crippen molar-refractivity contribution in [3.63, 3.8) is 0 Å². The van der Waals surface area contributed by atoms with Crippen LogP contribution in [0.15, 0.2) is 35.4 Å². The van der Waals surface area contributed by atoms with Crippen molar-refractivity contribution in [1.29, 1.82) is 0 Å². The number of aromatic nitrogens is 1. The van der Waals surface area contributed by atoms with Gasteiger partial charge in [0.1, 0.15) is 22.5 Å². The van der Waals surface area contributed by atoms with Gasteiger partial charge in [0.05, 0.1) is 26.0 Å². The first-order valence-corrected chi connectivity index (χ1v) is 6.97. The van der Waals surface area contributed by atoms with Crippen LogP contribution in [0.4, 0.5) is 19.0 Å². The van der Waals surface area contributed by atoms with E-state index in [0.717, 1.165) is 12.1 Å². The molecule has 0 aliphatic rings. The molecule has 2 rings (SSSR count). The summed E-state index contributed by atoms with van der Waals surface area (Å²) >= 11 is 5.60. The van der Waals surface area contributed by atoms with E-state index in [0.29, 0.717) is 17.1 Å². The Morgan fingerprint density at radius 2 is 1.92 bits per heavy atom. The van der Waals surface area contributed by atoms with Gasteiger partial charge in [0, 0.05) is 5.56 Å². The third kappa shape index (κ3) is 4.51. The molecule has 2 aromatic rings. The number of methoxy groups -OCH3 is 2. The van der Waals surface area contributed by atoms with Gasteiger partial charge in [-0.1, -0.05) is 11.6 Å². The standard InChI is InChI=1S/C15H13ClF3N3O2/c1-23-11-3-4-12(24-2)9(5-11)8-20-22-14-7-10(15(17,18)19)6-13(16)21-14/h3-8H,1-2H3,(H,21,22)/b20-8-. The number of rotatable bonds is 5. The fraction of sp³-hybridized carbons (Fsp3) is 0.200. The Morgan fingerprint density at radius 1 is 1.17 bits per heavy atom. The Bertz CT molecular complexity index is 751.